The molecule has 0 saturated carbocycles. The number of aromatic nitrogens is 6. The maximum absolute atomic E-state index is 10.6. The number of phenols is 1. The Kier molecular flexibility index (Phi) is 7.02. The van der Waals surface area contributed by atoms with E-state index in [4.69, 9.17) is 0 Å². The van der Waals surface area contributed by atoms with Crippen molar-refractivity contribution in [2.24, 2.45) is 5.92 Å². The van der Waals surface area contributed by atoms with Crippen molar-refractivity contribution in [1.29, 1.82) is 0 Å². The molecule has 1 aliphatic rings. The predicted molar refractivity (Wildman–Crippen MR) is 134 cm³/mol. The normalized spacial score (nSPS) is 20.2. The fourth-order valence-electron chi connectivity index (χ4n) is 4.64. The van der Waals surface area contributed by atoms with Gasteiger partial charge in [0.05, 0.1) is 23.8 Å². The smallest absolute Gasteiger partial charge is 0.162 e. The predicted octanol–water partition coefficient (Wildman–Crippen LogP) is 4.52. The zero-order chi connectivity index (χ0) is 21.8. The van der Waals surface area contributed by atoms with Gasteiger partial charge in [0.1, 0.15) is 5.75 Å². The number of halogens is 2. The summed E-state index contributed by atoms with van der Waals surface area (Å²) in [7, 11) is 2.20. The molecule has 0 bridgehead atoms. The summed E-state index contributed by atoms with van der Waals surface area (Å²) in [5.41, 5.74) is 3.02. The first-order chi connectivity index (χ1) is 14.9. The topological polar surface area (TPSA) is 84.9 Å². The summed E-state index contributed by atoms with van der Waals surface area (Å²) in [5.74, 6) is 0.600. The van der Waals surface area contributed by atoms with Crippen molar-refractivity contribution in [1.82, 2.24) is 34.7 Å². The summed E-state index contributed by atoms with van der Waals surface area (Å²) in [4.78, 5) is 2.44. The molecule has 1 fully saturated rings. The quantitative estimate of drug-likeness (QED) is 0.455. The highest BCUT2D eigenvalue weighted by atomic mass is 35.5. The van der Waals surface area contributed by atoms with Crippen molar-refractivity contribution in [3.63, 3.8) is 0 Å². The van der Waals surface area contributed by atoms with Gasteiger partial charge < -0.3 is 14.6 Å². The molecule has 4 heterocycles. The van der Waals surface area contributed by atoms with Gasteiger partial charge in [0.25, 0.3) is 0 Å². The summed E-state index contributed by atoms with van der Waals surface area (Å²) in [6.07, 6.45) is 6.54. The van der Waals surface area contributed by atoms with E-state index in [0.717, 1.165) is 29.7 Å². The van der Waals surface area contributed by atoms with E-state index in [1.165, 1.54) is 0 Å². The standard InChI is InChI=1S/C23H27N7O.2ClH/c1-15-20(8-10-28(4)23(15,2)3)29-11-7-16-13-19(25-26-22(16)29)18-6-5-17(14-21(18)31)30-12-9-24-27-30;;/h5-7,9,11-15,20,31H,8,10H2,1-4H3;2*1H. The van der Waals surface area contributed by atoms with Crippen LogP contribution in [0.15, 0.2) is 48.9 Å². The first-order valence-electron chi connectivity index (χ1n) is 10.6. The van der Waals surface area contributed by atoms with E-state index in [2.05, 4.69) is 70.1 Å². The van der Waals surface area contributed by atoms with Crippen LogP contribution >= 0.6 is 24.8 Å². The van der Waals surface area contributed by atoms with E-state index in [9.17, 15) is 5.11 Å². The van der Waals surface area contributed by atoms with Gasteiger partial charge in [-0.3, -0.25) is 0 Å². The zero-order valence-corrected chi connectivity index (χ0v) is 20.7. The van der Waals surface area contributed by atoms with Crippen LogP contribution in [-0.2, 0) is 0 Å². The second kappa shape index (κ2) is 9.29. The molecule has 8 nitrogen and oxygen atoms in total. The lowest BCUT2D eigenvalue weighted by Crippen LogP contribution is -2.53. The van der Waals surface area contributed by atoms with Crippen LogP contribution in [-0.4, -0.2) is 58.9 Å². The maximum Gasteiger partial charge on any atom is 0.162 e. The molecule has 1 saturated heterocycles. The summed E-state index contributed by atoms with van der Waals surface area (Å²) < 4.78 is 3.88. The average Bonchev–Trinajstić information content (AvgIpc) is 3.42. The summed E-state index contributed by atoms with van der Waals surface area (Å²) in [5, 5.41) is 28.4. The Balaban J connectivity index is 0.00000153. The monoisotopic (exact) mass is 489 g/mol. The minimum Gasteiger partial charge on any atom is -0.507 e. The number of aromatic hydroxyl groups is 1. The Morgan fingerprint density at radius 2 is 1.85 bits per heavy atom. The number of fused-ring (bicyclic) bond motifs is 1. The molecule has 0 aliphatic carbocycles. The van der Waals surface area contributed by atoms with Crippen LogP contribution in [0, 0.1) is 5.92 Å². The van der Waals surface area contributed by atoms with Gasteiger partial charge in [-0.2, -0.15) is 0 Å². The molecule has 3 aromatic heterocycles. The van der Waals surface area contributed by atoms with Crippen LogP contribution in [0.25, 0.3) is 28.0 Å². The van der Waals surface area contributed by atoms with Crippen LogP contribution in [0.1, 0.15) is 33.2 Å². The zero-order valence-electron chi connectivity index (χ0n) is 19.1. The van der Waals surface area contributed by atoms with Gasteiger partial charge in [0.15, 0.2) is 5.65 Å². The number of likely N-dealkylation sites (tertiary alicyclic amines) is 1. The number of nitrogens with zero attached hydrogens (tertiary/aromatic N) is 7. The highest BCUT2D eigenvalue weighted by molar-refractivity contribution is 5.85. The molecule has 1 aliphatic heterocycles. The molecule has 10 heteroatoms. The van der Waals surface area contributed by atoms with Crippen LogP contribution in [0.4, 0.5) is 0 Å². The lowest BCUT2D eigenvalue weighted by atomic mass is 9.77. The Bertz CT molecular complexity index is 1240. The minimum atomic E-state index is 0. The SMILES string of the molecule is CC1C(n2ccc3cc(-c4ccc(-n5ccnn5)cc4O)nnc32)CCN(C)C1(C)C.Cl.Cl. The summed E-state index contributed by atoms with van der Waals surface area (Å²) in [6.45, 7) is 8.00. The van der Waals surface area contributed by atoms with Gasteiger partial charge in [0.2, 0.25) is 0 Å². The number of benzene rings is 1. The Morgan fingerprint density at radius 1 is 1.06 bits per heavy atom. The third-order valence-corrected chi connectivity index (χ3v) is 7.20. The Morgan fingerprint density at radius 3 is 2.55 bits per heavy atom. The number of hydrogen-bond donors (Lipinski definition) is 1. The molecule has 176 valence electrons. The van der Waals surface area contributed by atoms with Gasteiger partial charge in [0, 0.05) is 41.3 Å². The van der Waals surface area contributed by atoms with E-state index in [1.54, 1.807) is 23.1 Å². The molecule has 5 rings (SSSR count). The third-order valence-electron chi connectivity index (χ3n) is 7.20. The van der Waals surface area contributed by atoms with Crippen molar-refractivity contribution >= 4 is 35.8 Å². The molecular formula is C23H29Cl2N7O. The second-order valence-electron chi connectivity index (χ2n) is 9.00. The van der Waals surface area contributed by atoms with Gasteiger partial charge in [-0.05, 0) is 57.5 Å². The first-order valence-corrected chi connectivity index (χ1v) is 10.6. The molecule has 0 spiro atoms. The van der Waals surface area contributed by atoms with E-state index in [1.807, 2.05) is 18.2 Å². The Labute approximate surface area is 205 Å². The molecule has 0 radical (unpaired) electrons. The molecule has 4 aromatic rings. The number of rotatable bonds is 3. The van der Waals surface area contributed by atoms with Gasteiger partial charge >= 0.3 is 0 Å². The van der Waals surface area contributed by atoms with E-state index in [-0.39, 0.29) is 36.1 Å². The molecule has 1 aromatic carbocycles. The molecule has 1 N–H and O–H groups in total. The minimum absolute atomic E-state index is 0. The molecule has 2 atom stereocenters. The second-order valence-corrected chi connectivity index (χ2v) is 9.00. The van der Waals surface area contributed by atoms with Crippen LogP contribution < -0.4 is 0 Å². The lowest BCUT2D eigenvalue weighted by molar-refractivity contribution is 0.0194. The van der Waals surface area contributed by atoms with Crippen molar-refractivity contribution in [3.8, 4) is 22.7 Å². The van der Waals surface area contributed by atoms with Gasteiger partial charge in [-0.1, -0.05) is 12.1 Å². The number of piperidine rings is 1. The summed E-state index contributed by atoms with van der Waals surface area (Å²) >= 11 is 0. The first kappa shape index (κ1) is 25.0. The fourth-order valence-corrected chi connectivity index (χ4v) is 4.64. The van der Waals surface area contributed by atoms with Crippen LogP contribution in [0.3, 0.4) is 0 Å². The van der Waals surface area contributed by atoms with E-state index in [0.29, 0.717) is 23.2 Å². The van der Waals surface area contributed by atoms with Gasteiger partial charge in [-0.15, -0.1) is 40.1 Å². The molecular weight excluding hydrogens is 461 g/mol. The highest BCUT2D eigenvalue weighted by Gasteiger charge is 2.40. The van der Waals surface area contributed by atoms with E-state index < -0.39 is 0 Å². The summed E-state index contributed by atoms with van der Waals surface area (Å²) in [6, 6.07) is 9.83. The van der Waals surface area contributed by atoms with Crippen molar-refractivity contribution < 1.29 is 5.11 Å². The maximum atomic E-state index is 10.6. The third kappa shape index (κ3) is 4.18. The fraction of sp³-hybridized carbons (Fsp3) is 0.391. The Hall–Kier alpha value is -2.68. The highest BCUT2D eigenvalue weighted by Crippen LogP contribution is 2.40. The van der Waals surface area contributed by atoms with Gasteiger partial charge in [-0.25, -0.2) is 4.68 Å². The largest absolute Gasteiger partial charge is 0.507 e. The van der Waals surface area contributed by atoms with Crippen molar-refractivity contribution in [2.45, 2.75) is 38.8 Å². The van der Waals surface area contributed by atoms with E-state index >= 15 is 0 Å². The molecule has 33 heavy (non-hydrogen) atoms. The van der Waals surface area contributed by atoms with Crippen molar-refractivity contribution in [2.75, 3.05) is 13.6 Å². The van der Waals surface area contributed by atoms with Crippen LogP contribution in [0.5, 0.6) is 5.75 Å². The lowest BCUT2D eigenvalue weighted by Gasteiger charge is -2.49. The van der Waals surface area contributed by atoms with Crippen LogP contribution in [0.2, 0.25) is 0 Å². The number of hydrogen-bond acceptors (Lipinski definition) is 6. The number of phenolic OH excluding ortho intramolecular Hbond substituents is 1. The van der Waals surface area contributed by atoms with Crippen molar-refractivity contribution in [3.05, 3.63) is 48.9 Å². The molecule has 0 amide bonds. The average molecular weight is 490 g/mol. The molecule has 2 unspecified atom stereocenters.